The van der Waals surface area contributed by atoms with Crippen molar-refractivity contribution in [1.82, 2.24) is 4.90 Å². The number of piperidine rings is 1. The average molecular weight is 374 g/mol. The van der Waals surface area contributed by atoms with E-state index in [-0.39, 0.29) is 30.1 Å². The van der Waals surface area contributed by atoms with Crippen molar-refractivity contribution in [2.24, 2.45) is 5.92 Å². The van der Waals surface area contributed by atoms with E-state index in [1.54, 1.807) is 4.90 Å². The van der Waals surface area contributed by atoms with Gasteiger partial charge in [-0.15, -0.1) is 0 Å². The van der Waals surface area contributed by atoms with Crippen molar-refractivity contribution < 1.29 is 27.4 Å². The Bertz CT molecular complexity index is 634. The first kappa shape index (κ1) is 20.2. The molecule has 0 saturated carbocycles. The lowest BCUT2D eigenvalue weighted by atomic mass is 9.98. The largest absolute Gasteiger partial charge is 0.493 e. The van der Waals surface area contributed by atoms with Gasteiger partial charge >= 0.3 is 12.3 Å². The molecule has 1 aliphatic rings. The van der Waals surface area contributed by atoms with Gasteiger partial charge in [0.1, 0.15) is 11.4 Å². The molecule has 8 heteroatoms. The highest BCUT2D eigenvalue weighted by molar-refractivity contribution is 5.68. The number of hydrogen-bond donors (Lipinski definition) is 1. The van der Waals surface area contributed by atoms with Crippen molar-refractivity contribution in [2.75, 3.05) is 25.4 Å². The smallest absolute Gasteiger partial charge is 0.416 e. The Kier molecular flexibility index (Phi) is 5.93. The molecule has 5 nitrogen and oxygen atoms in total. The second kappa shape index (κ2) is 7.63. The minimum atomic E-state index is -4.47. The molecule has 1 aliphatic heterocycles. The van der Waals surface area contributed by atoms with Gasteiger partial charge in [-0.3, -0.25) is 0 Å². The van der Waals surface area contributed by atoms with Crippen LogP contribution in [0.3, 0.4) is 0 Å². The van der Waals surface area contributed by atoms with Crippen molar-refractivity contribution in [3.05, 3.63) is 23.8 Å². The van der Waals surface area contributed by atoms with E-state index >= 15 is 0 Å². The third-order valence-corrected chi connectivity index (χ3v) is 4.01. The first-order valence-electron chi connectivity index (χ1n) is 8.52. The first-order valence-corrected chi connectivity index (χ1v) is 8.52. The zero-order valence-corrected chi connectivity index (χ0v) is 15.2. The third-order valence-electron chi connectivity index (χ3n) is 4.01. The van der Waals surface area contributed by atoms with Crippen LogP contribution >= 0.6 is 0 Å². The lowest BCUT2D eigenvalue weighted by Crippen LogP contribution is -2.42. The summed E-state index contributed by atoms with van der Waals surface area (Å²) in [6.45, 7) is 6.79. The molecule has 0 atom stereocenters. The summed E-state index contributed by atoms with van der Waals surface area (Å²) in [4.78, 5) is 13.7. The second-order valence-electron chi connectivity index (χ2n) is 7.51. The van der Waals surface area contributed by atoms with Crippen LogP contribution in [0.25, 0.3) is 0 Å². The summed E-state index contributed by atoms with van der Waals surface area (Å²) in [6.07, 6.45) is -3.41. The molecule has 1 fully saturated rings. The van der Waals surface area contributed by atoms with Crippen LogP contribution in [0.1, 0.15) is 39.2 Å². The minimum Gasteiger partial charge on any atom is -0.493 e. The average Bonchev–Trinajstić information content (AvgIpc) is 2.50. The number of nitrogens with zero attached hydrogens (tertiary/aromatic N) is 1. The van der Waals surface area contributed by atoms with Crippen LogP contribution in [0, 0.1) is 5.92 Å². The van der Waals surface area contributed by atoms with Crippen molar-refractivity contribution >= 4 is 11.8 Å². The molecule has 2 N–H and O–H groups in total. The van der Waals surface area contributed by atoms with Crippen LogP contribution in [0.4, 0.5) is 23.7 Å². The number of ether oxygens (including phenoxy) is 2. The molecule has 0 aliphatic carbocycles. The molecule has 146 valence electrons. The molecule has 0 radical (unpaired) electrons. The summed E-state index contributed by atoms with van der Waals surface area (Å²) >= 11 is 0. The van der Waals surface area contributed by atoms with Gasteiger partial charge < -0.3 is 20.1 Å². The van der Waals surface area contributed by atoms with E-state index in [0.29, 0.717) is 25.9 Å². The lowest BCUT2D eigenvalue weighted by molar-refractivity contribution is -0.137. The molecule has 1 aromatic rings. The number of likely N-dealkylation sites (tertiary alicyclic amines) is 1. The van der Waals surface area contributed by atoms with E-state index in [2.05, 4.69) is 0 Å². The van der Waals surface area contributed by atoms with Gasteiger partial charge in [-0.25, -0.2) is 4.79 Å². The number of anilines is 1. The summed E-state index contributed by atoms with van der Waals surface area (Å²) in [5.41, 5.74) is 4.17. The molecule has 1 amide bonds. The van der Waals surface area contributed by atoms with Crippen LogP contribution in [0.5, 0.6) is 5.75 Å². The second-order valence-corrected chi connectivity index (χ2v) is 7.51. The number of carbonyl (C=O) groups excluding carboxylic acids is 1. The number of halogens is 3. The van der Waals surface area contributed by atoms with Gasteiger partial charge in [0.15, 0.2) is 0 Å². The number of carbonyl (C=O) groups is 1. The number of nitrogen functional groups attached to an aromatic ring is 1. The normalized spacial score (nSPS) is 16.5. The maximum absolute atomic E-state index is 12.8. The summed E-state index contributed by atoms with van der Waals surface area (Å²) < 4.78 is 49.3. The Hall–Kier alpha value is -2.12. The van der Waals surface area contributed by atoms with Gasteiger partial charge in [0.2, 0.25) is 0 Å². The summed E-state index contributed by atoms with van der Waals surface area (Å²) in [5.74, 6) is 0.261. The highest BCUT2D eigenvalue weighted by atomic mass is 19.4. The van der Waals surface area contributed by atoms with Gasteiger partial charge in [-0.05, 0) is 51.7 Å². The van der Waals surface area contributed by atoms with Crippen LogP contribution < -0.4 is 10.5 Å². The van der Waals surface area contributed by atoms with Gasteiger partial charge in [0.25, 0.3) is 0 Å². The van der Waals surface area contributed by atoms with Crippen LogP contribution in [-0.2, 0) is 10.9 Å². The van der Waals surface area contributed by atoms with E-state index in [1.807, 2.05) is 20.8 Å². The fourth-order valence-electron chi connectivity index (χ4n) is 2.69. The van der Waals surface area contributed by atoms with E-state index in [4.69, 9.17) is 15.2 Å². The number of benzene rings is 1. The fraction of sp³-hybridized carbons (Fsp3) is 0.611. The molecule has 1 aromatic carbocycles. The van der Waals surface area contributed by atoms with Crippen molar-refractivity contribution in [2.45, 2.75) is 45.4 Å². The quantitative estimate of drug-likeness (QED) is 0.801. The van der Waals surface area contributed by atoms with Gasteiger partial charge in [0.05, 0.1) is 12.2 Å². The van der Waals surface area contributed by atoms with E-state index < -0.39 is 17.3 Å². The monoisotopic (exact) mass is 374 g/mol. The van der Waals surface area contributed by atoms with Crippen LogP contribution in [-0.4, -0.2) is 36.3 Å². The predicted octanol–water partition coefficient (Wildman–Crippen LogP) is 4.31. The Balaban J connectivity index is 1.85. The van der Waals surface area contributed by atoms with E-state index in [1.165, 1.54) is 6.07 Å². The molecule has 0 bridgehead atoms. The Morgan fingerprint density at radius 2 is 1.81 bits per heavy atom. The number of alkyl halides is 3. The zero-order chi connectivity index (χ0) is 19.5. The van der Waals surface area contributed by atoms with Gasteiger partial charge in [-0.1, -0.05) is 0 Å². The first-order chi connectivity index (χ1) is 11.9. The summed E-state index contributed by atoms with van der Waals surface area (Å²) in [5, 5.41) is 0. The highest BCUT2D eigenvalue weighted by Gasteiger charge is 2.31. The fourth-order valence-corrected chi connectivity index (χ4v) is 2.69. The molecule has 2 rings (SSSR count). The van der Waals surface area contributed by atoms with Crippen molar-refractivity contribution in [1.29, 1.82) is 0 Å². The number of hydrogen-bond acceptors (Lipinski definition) is 4. The van der Waals surface area contributed by atoms with Gasteiger partial charge in [0, 0.05) is 24.8 Å². The lowest BCUT2D eigenvalue weighted by Gasteiger charge is -2.33. The predicted molar refractivity (Wildman–Crippen MR) is 91.9 cm³/mol. The SMILES string of the molecule is CC(C)(C)OC(=O)N1CCC(COc2cc(N)cc(C(F)(F)F)c2)CC1. The van der Waals surface area contributed by atoms with Crippen molar-refractivity contribution in [3.63, 3.8) is 0 Å². The standard InChI is InChI=1S/C18H25F3N2O3/c1-17(2,3)26-16(24)23-6-4-12(5-7-23)11-25-15-9-13(18(19,20)21)8-14(22)10-15/h8-10,12H,4-7,11,22H2,1-3H3. The van der Waals surface area contributed by atoms with Crippen LogP contribution in [0.15, 0.2) is 18.2 Å². The molecule has 0 unspecified atom stereocenters. The molecule has 1 heterocycles. The summed E-state index contributed by atoms with van der Waals surface area (Å²) in [6, 6.07) is 3.21. The van der Waals surface area contributed by atoms with Gasteiger partial charge in [-0.2, -0.15) is 13.2 Å². The highest BCUT2D eigenvalue weighted by Crippen LogP contribution is 2.33. The number of rotatable bonds is 3. The Labute approximate surface area is 151 Å². The topological polar surface area (TPSA) is 64.8 Å². The molecule has 26 heavy (non-hydrogen) atoms. The maximum atomic E-state index is 12.8. The Morgan fingerprint density at radius 3 is 2.35 bits per heavy atom. The zero-order valence-electron chi connectivity index (χ0n) is 15.2. The van der Waals surface area contributed by atoms with E-state index in [9.17, 15) is 18.0 Å². The van der Waals surface area contributed by atoms with Crippen LogP contribution in [0.2, 0.25) is 0 Å². The molecular formula is C18H25F3N2O3. The number of amides is 1. The molecule has 0 aromatic heterocycles. The molecule has 0 spiro atoms. The Morgan fingerprint density at radius 1 is 1.19 bits per heavy atom. The van der Waals surface area contributed by atoms with E-state index in [0.717, 1.165) is 12.1 Å². The molecule has 1 saturated heterocycles. The maximum Gasteiger partial charge on any atom is 0.416 e. The summed E-state index contributed by atoms with van der Waals surface area (Å²) in [7, 11) is 0. The molecular weight excluding hydrogens is 349 g/mol. The van der Waals surface area contributed by atoms with Crippen molar-refractivity contribution in [3.8, 4) is 5.75 Å². The minimum absolute atomic E-state index is 0.00886. The third kappa shape index (κ3) is 6.00. The number of nitrogens with two attached hydrogens (primary N) is 1.